The van der Waals surface area contributed by atoms with Crippen LogP contribution in [0.15, 0.2) is 24.3 Å². The SMILES string of the molecule is CN(C)CCCC1(c2cccc(O)c2)C(=O)NC(=O)CC1(C)C.O=S(=O)(O)O. The number of benzene rings is 1. The molecule has 1 fully saturated rings. The lowest BCUT2D eigenvalue weighted by atomic mass is 9.56. The minimum atomic E-state index is -4.67. The molecule has 1 aromatic carbocycles. The summed E-state index contributed by atoms with van der Waals surface area (Å²) in [6.45, 7) is 4.78. The number of aromatic hydroxyl groups is 1. The van der Waals surface area contributed by atoms with Gasteiger partial charge in [-0.25, -0.2) is 0 Å². The lowest BCUT2D eigenvalue weighted by Gasteiger charge is -2.48. The maximum Gasteiger partial charge on any atom is 0.394 e. The summed E-state index contributed by atoms with van der Waals surface area (Å²) in [5.41, 5.74) is -0.575. The molecule has 2 rings (SSSR count). The van der Waals surface area contributed by atoms with E-state index in [0.29, 0.717) is 6.42 Å². The van der Waals surface area contributed by atoms with Gasteiger partial charge in [-0.15, -0.1) is 0 Å². The topological polar surface area (TPSA) is 144 Å². The number of hydrogen-bond acceptors (Lipinski definition) is 6. The van der Waals surface area contributed by atoms with Gasteiger partial charge in [-0.3, -0.25) is 24.0 Å². The van der Waals surface area contributed by atoms with Crippen molar-refractivity contribution in [3.05, 3.63) is 29.8 Å². The summed E-state index contributed by atoms with van der Waals surface area (Å²) >= 11 is 0. The van der Waals surface area contributed by atoms with E-state index in [4.69, 9.17) is 17.5 Å². The van der Waals surface area contributed by atoms with Gasteiger partial charge in [0, 0.05) is 6.42 Å². The Hall–Kier alpha value is -2.01. The quantitative estimate of drug-likeness (QED) is 0.416. The van der Waals surface area contributed by atoms with Crippen LogP contribution < -0.4 is 5.32 Å². The lowest BCUT2D eigenvalue weighted by molar-refractivity contribution is -0.145. The van der Waals surface area contributed by atoms with Gasteiger partial charge < -0.3 is 10.0 Å². The zero-order valence-electron chi connectivity index (χ0n) is 16.5. The zero-order valence-corrected chi connectivity index (χ0v) is 17.3. The van der Waals surface area contributed by atoms with Crippen LogP contribution in [0.1, 0.15) is 38.7 Å². The molecule has 1 aliphatic heterocycles. The third-order valence-electron chi connectivity index (χ3n) is 4.89. The molecular formula is C18H28N2O7S. The summed E-state index contributed by atoms with van der Waals surface area (Å²) in [6.07, 6.45) is 1.74. The molecule has 9 nitrogen and oxygen atoms in total. The summed E-state index contributed by atoms with van der Waals surface area (Å²) in [5, 5.41) is 12.4. The van der Waals surface area contributed by atoms with Crippen molar-refractivity contribution in [1.82, 2.24) is 10.2 Å². The van der Waals surface area contributed by atoms with Gasteiger partial charge in [0.2, 0.25) is 11.8 Å². The number of nitrogens with one attached hydrogen (secondary N) is 1. The molecule has 0 radical (unpaired) electrons. The number of hydrogen-bond donors (Lipinski definition) is 4. The Labute approximate surface area is 165 Å². The van der Waals surface area contributed by atoms with Crippen LogP contribution in [0.25, 0.3) is 0 Å². The second kappa shape index (κ2) is 8.99. The second-order valence-corrected chi connectivity index (χ2v) is 8.64. The third kappa shape index (κ3) is 6.26. The normalized spacial score (nSPS) is 21.7. The van der Waals surface area contributed by atoms with Crippen LogP contribution in [0.2, 0.25) is 0 Å². The third-order valence-corrected chi connectivity index (χ3v) is 4.89. The predicted octanol–water partition coefficient (Wildman–Crippen LogP) is 1.39. The minimum Gasteiger partial charge on any atom is -0.508 e. The van der Waals surface area contributed by atoms with Gasteiger partial charge in [0.1, 0.15) is 5.75 Å². The molecule has 1 heterocycles. The van der Waals surface area contributed by atoms with Crippen molar-refractivity contribution in [2.75, 3.05) is 20.6 Å². The molecule has 0 saturated carbocycles. The molecule has 1 aromatic rings. The molecule has 1 atom stereocenters. The molecule has 10 heteroatoms. The molecule has 0 aliphatic carbocycles. The monoisotopic (exact) mass is 416 g/mol. The van der Waals surface area contributed by atoms with Crippen molar-refractivity contribution < 1.29 is 32.2 Å². The van der Waals surface area contributed by atoms with Gasteiger partial charge in [0.15, 0.2) is 0 Å². The van der Waals surface area contributed by atoms with E-state index in [0.717, 1.165) is 18.5 Å². The number of phenols is 1. The van der Waals surface area contributed by atoms with Gasteiger partial charge in [0.05, 0.1) is 5.41 Å². The number of phenolic OH excluding ortho intramolecular Hbond substituents is 1. The van der Waals surface area contributed by atoms with Gasteiger partial charge >= 0.3 is 10.4 Å². The molecule has 1 unspecified atom stereocenters. The molecule has 1 saturated heterocycles. The van der Waals surface area contributed by atoms with Crippen molar-refractivity contribution in [2.24, 2.45) is 5.41 Å². The maximum absolute atomic E-state index is 12.9. The fraction of sp³-hybridized carbons (Fsp3) is 0.556. The minimum absolute atomic E-state index is 0.134. The molecular weight excluding hydrogens is 388 g/mol. The first-order valence-corrected chi connectivity index (χ1v) is 10.1. The van der Waals surface area contributed by atoms with Gasteiger partial charge in [-0.2, -0.15) is 8.42 Å². The first kappa shape index (κ1) is 24.0. The van der Waals surface area contributed by atoms with E-state index >= 15 is 0 Å². The molecule has 1 aliphatic rings. The Balaban J connectivity index is 0.000000696. The van der Waals surface area contributed by atoms with Crippen LogP contribution in [0.5, 0.6) is 5.75 Å². The number of carbonyl (C=O) groups is 2. The Morgan fingerprint density at radius 3 is 2.21 bits per heavy atom. The Morgan fingerprint density at radius 2 is 1.75 bits per heavy atom. The molecule has 0 aromatic heterocycles. The average Bonchev–Trinajstić information content (AvgIpc) is 2.47. The highest BCUT2D eigenvalue weighted by molar-refractivity contribution is 7.79. The van der Waals surface area contributed by atoms with E-state index in [1.54, 1.807) is 18.2 Å². The molecule has 28 heavy (non-hydrogen) atoms. The van der Waals surface area contributed by atoms with E-state index in [1.165, 1.54) is 0 Å². The van der Waals surface area contributed by atoms with Crippen LogP contribution in [0.4, 0.5) is 0 Å². The summed E-state index contributed by atoms with van der Waals surface area (Å²) in [6, 6.07) is 6.85. The molecule has 2 amide bonds. The molecule has 158 valence electrons. The maximum atomic E-state index is 12.9. The fourth-order valence-corrected chi connectivity index (χ4v) is 3.69. The van der Waals surface area contributed by atoms with Crippen molar-refractivity contribution in [3.63, 3.8) is 0 Å². The average molecular weight is 416 g/mol. The zero-order chi connectivity index (χ0) is 21.8. The largest absolute Gasteiger partial charge is 0.508 e. The first-order valence-electron chi connectivity index (χ1n) is 8.67. The highest BCUT2D eigenvalue weighted by atomic mass is 32.3. The number of rotatable bonds is 5. The predicted molar refractivity (Wildman–Crippen MR) is 103 cm³/mol. The van der Waals surface area contributed by atoms with Crippen LogP contribution in [-0.2, 0) is 25.4 Å². The van der Waals surface area contributed by atoms with E-state index < -0.39 is 21.2 Å². The fourth-order valence-electron chi connectivity index (χ4n) is 3.69. The number of nitrogens with zero attached hydrogens (tertiary/aromatic N) is 1. The number of amides is 2. The van der Waals surface area contributed by atoms with Crippen molar-refractivity contribution >= 4 is 22.2 Å². The van der Waals surface area contributed by atoms with E-state index in [-0.39, 0.29) is 24.0 Å². The first-order chi connectivity index (χ1) is 12.7. The molecule has 0 bridgehead atoms. The number of carbonyl (C=O) groups excluding carboxylic acids is 2. The van der Waals surface area contributed by atoms with Crippen molar-refractivity contribution in [3.8, 4) is 5.75 Å². The van der Waals surface area contributed by atoms with Crippen LogP contribution >= 0.6 is 0 Å². The highest BCUT2D eigenvalue weighted by Gasteiger charge is 2.55. The van der Waals surface area contributed by atoms with Crippen LogP contribution in [0, 0.1) is 5.41 Å². The molecule has 4 N–H and O–H groups in total. The standard InChI is InChI=1S/C18H26N2O3.H2O4S/c1-17(2)12-15(22)19-16(23)18(17,9-6-10-20(3)4)13-7-5-8-14(21)11-13;1-5(2,3)4/h5,7-8,11,21H,6,9-10,12H2,1-4H3,(H,19,22,23);(H2,1,2,3,4). The Kier molecular flexibility index (Phi) is 7.72. The second-order valence-electron chi connectivity index (χ2n) is 7.75. The summed E-state index contributed by atoms with van der Waals surface area (Å²) < 4.78 is 31.6. The van der Waals surface area contributed by atoms with E-state index in [9.17, 15) is 14.7 Å². The number of imide groups is 1. The summed E-state index contributed by atoms with van der Waals surface area (Å²) in [5.74, 6) is -0.360. The van der Waals surface area contributed by atoms with E-state index in [1.807, 2.05) is 34.0 Å². The van der Waals surface area contributed by atoms with Gasteiger partial charge in [0.25, 0.3) is 0 Å². The Morgan fingerprint density at radius 1 is 1.18 bits per heavy atom. The summed E-state index contributed by atoms with van der Waals surface area (Å²) in [4.78, 5) is 26.8. The van der Waals surface area contributed by atoms with Crippen LogP contribution in [0.3, 0.4) is 0 Å². The van der Waals surface area contributed by atoms with Crippen molar-refractivity contribution in [2.45, 2.75) is 38.5 Å². The van der Waals surface area contributed by atoms with Crippen molar-refractivity contribution in [1.29, 1.82) is 0 Å². The van der Waals surface area contributed by atoms with Gasteiger partial charge in [-0.05, 0) is 56.6 Å². The lowest BCUT2D eigenvalue weighted by Crippen LogP contribution is -2.61. The molecule has 0 spiro atoms. The van der Waals surface area contributed by atoms with Gasteiger partial charge in [-0.1, -0.05) is 26.0 Å². The smallest absolute Gasteiger partial charge is 0.394 e. The van der Waals surface area contributed by atoms with Crippen LogP contribution in [-0.4, -0.2) is 60.0 Å². The van der Waals surface area contributed by atoms with E-state index in [2.05, 4.69) is 10.2 Å². The highest BCUT2D eigenvalue weighted by Crippen LogP contribution is 2.50. The number of piperidine rings is 1. The Bertz CT molecular complexity index is 813. The summed E-state index contributed by atoms with van der Waals surface area (Å²) in [7, 11) is -0.673.